The van der Waals surface area contributed by atoms with Crippen LogP contribution in [-0.4, -0.2) is 21.6 Å². The maximum absolute atomic E-state index is 9.41. The van der Waals surface area contributed by atoms with E-state index in [9.17, 15) is 5.11 Å². The number of phenolic OH excluding ortho intramolecular Hbond substituents is 1. The lowest BCUT2D eigenvalue weighted by Crippen LogP contribution is -2.06. The summed E-state index contributed by atoms with van der Waals surface area (Å²) in [6.45, 7) is 0.747. The number of nitrogens with zero attached hydrogens (tertiary/aromatic N) is 2. The van der Waals surface area contributed by atoms with Crippen LogP contribution in [0.5, 0.6) is 5.75 Å². The molecule has 1 heterocycles. The summed E-state index contributed by atoms with van der Waals surface area (Å²) in [4.78, 5) is 8.86. The van der Waals surface area contributed by atoms with Crippen LogP contribution in [0.1, 0.15) is 5.56 Å². The number of rotatable bonds is 4. The average Bonchev–Trinajstić information content (AvgIpc) is 2.47. The number of hydrogen-bond donors (Lipinski definition) is 2. The Bertz CT molecular complexity index is 727. The van der Waals surface area contributed by atoms with Crippen molar-refractivity contribution < 1.29 is 5.11 Å². The standard InChI is InChI=1S/C16H15N3O/c20-13-5-3-4-12(10-13)8-9-17-16-11-18-14-6-1-2-7-15(14)19-16/h1-7,10-11,20H,8-9H2,(H,17,19). The van der Waals surface area contributed by atoms with Crippen LogP contribution in [0.3, 0.4) is 0 Å². The Morgan fingerprint density at radius 3 is 2.70 bits per heavy atom. The topological polar surface area (TPSA) is 58.0 Å². The zero-order valence-electron chi connectivity index (χ0n) is 11.0. The van der Waals surface area contributed by atoms with E-state index >= 15 is 0 Å². The summed E-state index contributed by atoms with van der Waals surface area (Å²) in [5.74, 6) is 1.07. The van der Waals surface area contributed by atoms with Gasteiger partial charge in [0.15, 0.2) is 0 Å². The maximum Gasteiger partial charge on any atom is 0.145 e. The van der Waals surface area contributed by atoms with E-state index in [4.69, 9.17) is 0 Å². The van der Waals surface area contributed by atoms with E-state index in [-0.39, 0.29) is 0 Å². The number of benzene rings is 2. The summed E-state index contributed by atoms with van der Waals surface area (Å²) < 4.78 is 0. The van der Waals surface area contributed by atoms with Crippen LogP contribution in [0.4, 0.5) is 5.82 Å². The van der Waals surface area contributed by atoms with E-state index in [1.807, 2.05) is 36.4 Å². The van der Waals surface area contributed by atoms with Crippen molar-refractivity contribution in [3.8, 4) is 5.75 Å². The number of para-hydroxylation sites is 2. The van der Waals surface area contributed by atoms with E-state index in [2.05, 4.69) is 15.3 Å². The number of fused-ring (bicyclic) bond motifs is 1. The van der Waals surface area contributed by atoms with Gasteiger partial charge in [-0.1, -0.05) is 24.3 Å². The molecule has 0 saturated heterocycles. The molecule has 4 nitrogen and oxygen atoms in total. The van der Waals surface area contributed by atoms with Crippen LogP contribution < -0.4 is 5.32 Å². The third-order valence-corrected chi connectivity index (χ3v) is 3.08. The number of anilines is 1. The fraction of sp³-hybridized carbons (Fsp3) is 0.125. The lowest BCUT2D eigenvalue weighted by atomic mass is 10.1. The van der Waals surface area contributed by atoms with Gasteiger partial charge in [0, 0.05) is 6.54 Å². The van der Waals surface area contributed by atoms with Crippen LogP contribution in [0, 0.1) is 0 Å². The number of phenols is 1. The molecule has 3 rings (SSSR count). The number of aromatic nitrogens is 2. The summed E-state index contributed by atoms with van der Waals surface area (Å²) in [6.07, 6.45) is 2.56. The van der Waals surface area contributed by atoms with Crippen molar-refractivity contribution in [2.75, 3.05) is 11.9 Å². The van der Waals surface area contributed by atoms with Gasteiger partial charge in [-0.05, 0) is 36.2 Å². The Kier molecular flexibility index (Phi) is 3.46. The molecule has 0 fully saturated rings. The third kappa shape index (κ3) is 2.85. The van der Waals surface area contributed by atoms with Crippen LogP contribution in [0.2, 0.25) is 0 Å². The van der Waals surface area contributed by atoms with Gasteiger partial charge in [-0.25, -0.2) is 4.98 Å². The average molecular weight is 265 g/mol. The Labute approximate surface area is 117 Å². The zero-order chi connectivity index (χ0) is 13.8. The summed E-state index contributed by atoms with van der Waals surface area (Å²) in [5.41, 5.74) is 2.87. The fourth-order valence-electron chi connectivity index (χ4n) is 2.09. The molecule has 0 aliphatic rings. The third-order valence-electron chi connectivity index (χ3n) is 3.08. The highest BCUT2D eigenvalue weighted by Gasteiger charge is 1.99. The molecule has 2 aromatic carbocycles. The maximum atomic E-state index is 9.41. The second kappa shape index (κ2) is 5.57. The van der Waals surface area contributed by atoms with Crippen molar-refractivity contribution in [1.29, 1.82) is 0 Å². The lowest BCUT2D eigenvalue weighted by Gasteiger charge is -2.06. The van der Waals surface area contributed by atoms with E-state index in [1.54, 1.807) is 18.3 Å². The molecule has 100 valence electrons. The quantitative estimate of drug-likeness (QED) is 0.761. The minimum absolute atomic E-state index is 0.299. The van der Waals surface area contributed by atoms with Crippen molar-refractivity contribution in [3.63, 3.8) is 0 Å². The van der Waals surface area contributed by atoms with E-state index in [0.717, 1.165) is 35.4 Å². The molecule has 0 unspecified atom stereocenters. The Balaban J connectivity index is 1.65. The Morgan fingerprint density at radius 2 is 1.85 bits per heavy atom. The molecule has 0 atom stereocenters. The molecule has 20 heavy (non-hydrogen) atoms. The van der Waals surface area contributed by atoms with E-state index in [1.165, 1.54) is 0 Å². The SMILES string of the molecule is Oc1cccc(CCNc2cnc3ccccc3n2)c1. The van der Waals surface area contributed by atoms with Crippen molar-refractivity contribution in [3.05, 3.63) is 60.3 Å². The highest BCUT2D eigenvalue weighted by Crippen LogP contribution is 2.13. The number of aromatic hydroxyl groups is 1. The zero-order valence-corrected chi connectivity index (χ0v) is 11.0. The molecule has 0 bridgehead atoms. The highest BCUT2D eigenvalue weighted by molar-refractivity contribution is 5.75. The molecule has 1 aromatic heterocycles. The molecule has 0 radical (unpaired) electrons. The predicted octanol–water partition coefficient (Wildman–Crippen LogP) is 2.99. The van der Waals surface area contributed by atoms with Crippen LogP contribution in [0.25, 0.3) is 11.0 Å². The van der Waals surface area contributed by atoms with Gasteiger partial charge >= 0.3 is 0 Å². The molecule has 3 aromatic rings. The van der Waals surface area contributed by atoms with Gasteiger partial charge in [0.25, 0.3) is 0 Å². The van der Waals surface area contributed by atoms with Crippen LogP contribution in [-0.2, 0) is 6.42 Å². The second-order valence-electron chi connectivity index (χ2n) is 4.59. The molecule has 0 saturated carbocycles. The first-order valence-electron chi connectivity index (χ1n) is 6.55. The van der Waals surface area contributed by atoms with Crippen molar-refractivity contribution in [1.82, 2.24) is 9.97 Å². The fourth-order valence-corrected chi connectivity index (χ4v) is 2.09. The predicted molar refractivity (Wildman–Crippen MR) is 79.8 cm³/mol. The highest BCUT2D eigenvalue weighted by atomic mass is 16.3. The van der Waals surface area contributed by atoms with Gasteiger partial charge in [0.2, 0.25) is 0 Å². The smallest absolute Gasteiger partial charge is 0.145 e. The van der Waals surface area contributed by atoms with Gasteiger partial charge in [0.05, 0.1) is 17.2 Å². The minimum atomic E-state index is 0.299. The van der Waals surface area contributed by atoms with Gasteiger partial charge < -0.3 is 10.4 Å². The van der Waals surface area contributed by atoms with Crippen LogP contribution in [0.15, 0.2) is 54.7 Å². The first kappa shape index (κ1) is 12.4. The molecule has 0 aliphatic carbocycles. The Morgan fingerprint density at radius 1 is 1.00 bits per heavy atom. The van der Waals surface area contributed by atoms with Crippen molar-refractivity contribution in [2.24, 2.45) is 0 Å². The molecule has 0 amide bonds. The molecule has 2 N–H and O–H groups in total. The lowest BCUT2D eigenvalue weighted by molar-refractivity contribution is 0.474. The molecule has 0 spiro atoms. The molecule has 4 heteroatoms. The largest absolute Gasteiger partial charge is 0.508 e. The van der Waals surface area contributed by atoms with Gasteiger partial charge in [-0.2, -0.15) is 0 Å². The molecular formula is C16H15N3O. The Hall–Kier alpha value is -2.62. The second-order valence-corrected chi connectivity index (χ2v) is 4.59. The van der Waals surface area contributed by atoms with Crippen molar-refractivity contribution >= 4 is 16.9 Å². The van der Waals surface area contributed by atoms with Gasteiger partial charge in [0.1, 0.15) is 11.6 Å². The molecular weight excluding hydrogens is 250 g/mol. The van der Waals surface area contributed by atoms with Crippen LogP contribution >= 0.6 is 0 Å². The first-order valence-corrected chi connectivity index (χ1v) is 6.55. The number of hydrogen-bond acceptors (Lipinski definition) is 4. The van der Waals surface area contributed by atoms with E-state index in [0.29, 0.717) is 5.75 Å². The first-order chi connectivity index (χ1) is 9.81. The summed E-state index contributed by atoms with van der Waals surface area (Å²) in [6, 6.07) is 15.1. The minimum Gasteiger partial charge on any atom is -0.508 e. The summed E-state index contributed by atoms with van der Waals surface area (Å²) in [7, 11) is 0. The van der Waals surface area contributed by atoms with E-state index < -0.39 is 0 Å². The normalized spacial score (nSPS) is 10.6. The monoisotopic (exact) mass is 265 g/mol. The van der Waals surface area contributed by atoms with Crippen molar-refractivity contribution in [2.45, 2.75) is 6.42 Å². The van der Waals surface area contributed by atoms with Gasteiger partial charge in [-0.15, -0.1) is 0 Å². The molecule has 0 aliphatic heterocycles. The summed E-state index contributed by atoms with van der Waals surface area (Å²) in [5, 5.41) is 12.7. The summed E-state index contributed by atoms with van der Waals surface area (Å²) >= 11 is 0. The number of nitrogens with one attached hydrogen (secondary N) is 1. The van der Waals surface area contributed by atoms with Gasteiger partial charge in [-0.3, -0.25) is 4.98 Å².